The standard InChI is InChI=1S/C48H82N4O15/c1-15-34-48(11,58)40(55)30(7)50-43(56)32-24-36(54)64-39-33(51(12)21-18-20-49)23-27(4)61-45(39)67-41(46(9,25-32)59-13)28(5)38(29(6)44(57)63-34)66-37-26-47(10,60-14)42(31(8)62-37)65-35(53)19-22-52(16-2)17-3/h27-34,37-42,45,55,58H,15-19,21-26H2,1-14H3,(H,50,56)/t27-,28+,29-,30-,31+,32-,33+,34-,37+,38+,39-,40-,41-,42+,45+,46-,47-,48-/m1/s1. The van der Waals surface area contributed by atoms with Crippen molar-refractivity contribution in [2.45, 2.75) is 211 Å². The summed E-state index contributed by atoms with van der Waals surface area (Å²) in [6.45, 7) is 21.8. The Morgan fingerprint density at radius 3 is 2.19 bits per heavy atom. The maximum Gasteiger partial charge on any atom is 0.311 e. The third kappa shape index (κ3) is 13.4. The second-order valence-corrected chi connectivity index (χ2v) is 19.9. The minimum atomic E-state index is -2.06. The van der Waals surface area contributed by atoms with Crippen molar-refractivity contribution < 1.29 is 72.0 Å². The van der Waals surface area contributed by atoms with Crippen LogP contribution in [-0.4, -0.2) is 182 Å². The summed E-state index contributed by atoms with van der Waals surface area (Å²) in [4.78, 5) is 60.4. The number of likely N-dealkylation sites (N-methyl/N-ethyl adjacent to an activating group) is 1. The molecule has 384 valence electrons. The fourth-order valence-electron chi connectivity index (χ4n) is 10.5. The number of nitriles is 1. The van der Waals surface area contributed by atoms with Gasteiger partial charge in [-0.1, -0.05) is 27.7 Å². The van der Waals surface area contributed by atoms with Crippen LogP contribution in [-0.2, 0) is 61.8 Å². The Labute approximate surface area is 398 Å². The van der Waals surface area contributed by atoms with Crippen LogP contribution < -0.4 is 5.32 Å². The van der Waals surface area contributed by atoms with Crippen molar-refractivity contribution in [2.24, 2.45) is 17.8 Å². The van der Waals surface area contributed by atoms with Gasteiger partial charge in [0.15, 0.2) is 24.8 Å². The first-order chi connectivity index (χ1) is 31.4. The Hall–Kier alpha value is -3.03. The van der Waals surface area contributed by atoms with Crippen LogP contribution in [0.15, 0.2) is 0 Å². The largest absolute Gasteiger partial charge is 0.459 e. The zero-order valence-electron chi connectivity index (χ0n) is 42.5. The lowest BCUT2D eigenvalue weighted by Crippen LogP contribution is -2.62. The average Bonchev–Trinajstić information content (AvgIpc) is 3.28. The first-order valence-corrected chi connectivity index (χ1v) is 24.3. The molecule has 1 amide bonds. The fraction of sp³-hybridized carbons (Fsp3) is 0.896. The number of carbonyl (C=O) groups excluding carboxylic acids is 4. The van der Waals surface area contributed by atoms with Crippen LogP contribution in [0.2, 0.25) is 0 Å². The average molecular weight is 955 g/mol. The minimum absolute atomic E-state index is 0.0660. The molecule has 0 radical (unpaired) electrons. The van der Waals surface area contributed by atoms with Gasteiger partial charge in [-0.05, 0) is 87.9 Å². The Morgan fingerprint density at radius 2 is 1.60 bits per heavy atom. The van der Waals surface area contributed by atoms with Gasteiger partial charge in [0.2, 0.25) is 5.91 Å². The Balaban J connectivity index is 1.87. The quantitative estimate of drug-likeness (QED) is 0.168. The van der Waals surface area contributed by atoms with E-state index >= 15 is 0 Å². The van der Waals surface area contributed by atoms with E-state index in [0.29, 0.717) is 19.5 Å². The molecule has 2 bridgehead atoms. The van der Waals surface area contributed by atoms with Gasteiger partial charge in [0.25, 0.3) is 0 Å². The lowest BCUT2D eigenvalue weighted by Gasteiger charge is -2.50. The molecule has 0 aromatic heterocycles. The zero-order valence-corrected chi connectivity index (χ0v) is 42.5. The molecular formula is C48H82N4O15. The molecule has 0 aliphatic carbocycles. The monoisotopic (exact) mass is 955 g/mol. The summed E-state index contributed by atoms with van der Waals surface area (Å²) < 4.78 is 57.9. The summed E-state index contributed by atoms with van der Waals surface area (Å²) in [5.41, 5.74) is -4.57. The van der Waals surface area contributed by atoms with E-state index in [2.05, 4.69) is 16.3 Å². The molecule has 4 heterocycles. The number of hydrogen-bond donors (Lipinski definition) is 3. The van der Waals surface area contributed by atoms with Crippen LogP contribution >= 0.6 is 0 Å². The number of amides is 1. The maximum atomic E-state index is 14.6. The van der Waals surface area contributed by atoms with Gasteiger partial charge < -0.3 is 63.1 Å². The summed E-state index contributed by atoms with van der Waals surface area (Å²) in [6, 6.07) is 0.623. The van der Waals surface area contributed by atoms with Gasteiger partial charge in [-0.25, -0.2) is 0 Å². The van der Waals surface area contributed by atoms with Gasteiger partial charge >= 0.3 is 17.9 Å². The first-order valence-electron chi connectivity index (χ1n) is 24.3. The number of cyclic esters (lactones) is 1. The summed E-state index contributed by atoms with van der Waals surface area (Å²) in [7, 11) is 4.83. The number of esters is 3. The number of aliphatic hydroxyl groups is 2. The first kappa shape index (κ1) is 56.6. The van der Waals surface area contributed by atoms with E-state index in [9.17, 15) is 34.7 Å². The molecule has 19 nitrogen and oxygen atoms in total. The number of nitrogens with one attached hydrogen (secondary N) is 1. The number of methoxy groups -OCH3 is 2. The molecule has 0 spiro atoms. The van der Waals surface area contributed by atoms with E-state index in [4.69, 9.17) is 42.6 Å². The van der Waals surface area contributed by atoms with Crippen LogP contribution in [0.3, 0.4) is 0 Å². The highest BCUT2D eigenvalue weighted by Gasteiger charge is 2.56. The van der Waals surface area contributed by atoms with Gasteiger partial charge in [-0.15, -0.1) is 0 Å². The molecule has 3 N–H and O–H groups in total. The van der Waals surface area contributed by atoms with Crippen molar-refractivity contribution >= 4 is 23.8 Å². The Bertz CT molecular complexity index is 1700. The molecule has 0 unspecified atom stereocenters. The normalized spacial score (nSPS) is 41.5. The van der Waals surface area contributed by atoms with E-state index in [0.717, 1.165) is 13.1 Å². The van der Waals surface area contributed by atoms with Gasteiger partial charge in [-0.2, -0.15) is 5.26 Å². The molecule has 4 rings (SSSR count). The highest BCUT2D eigenvalue weighted by Crippen LogP contribution is 2.43. The third-order valence-corrected chi connectivity index (χ3v) is 14.9. The number of rotatable bonds is 14. The summed E-state index contributed by atoms with van der Waals surface area (Å²) in [5, 5.41) is 35.8. The number of ether oxygens (including phenoxy) is 9. The van der Waals surface area contributed by atoms with Crippen LogP contribution in [0.25, 0.3) is 0 Å². The third-order valence-electron chi connectivity index (χ3n) is 14.9. The van der Waals surface area contributed by atoms with Crippen LogP contribution in [0.5, 0.6) is 0 Å². The fourth-order valence-corrected chi connectivity index (χ4v) is 10.5. The summed E-state index contributed by atoms with van der Waals surface area (Å²) in [5.74, 6) is -5.52. The predicted molar refractivity (Wildman–Crippen MR) is 243 cm³/mol. The zero-order chi connectivity index (χ0) is 50.2. The second kappa shape index (κ2) is 24.2. The Morgan fingerprint density at radius 1 is 0.940 bits per heavy atom. The van der Waals surface area contributed by atoms with Crippen LogP contribution in [0, 0.1) is 29.1 Å². The van der Waals surface area contributed by atoms with Gasteiger partial charge in [0, 0.05) is 46.1 Å². The van der Waals surface area contributed by atoms with Crippen LogP contribution in [0.1, 0.15) is 121 Å². The number of aliphatic hydroxyl groups excluding tert-OH is 1. The molecular weight excluding hydrogens is 873 g/mol. The molecule has 4 saturated heterocycles. The van der Waals surface area contributed by atoms with E-state index in [1.54, 1.807) is 27.7 Å². The van der Waals surface area contributed by atoms with Gasteiger partial charge in [0.05, 0.1) is 72.8 Å². The number of fused-ring (bicyclic) bond motifs is 4. The van der Waals surface area contributed by atoms with E-state index in [1.807, 2.05) is 46.6 Å². The second-order valence-electron chi connectivity index (χ2n) is 19.9. The molecule has 4 aliphatic rings. The SMILES string of the molecule is CC[C@H]1OC(=O)[C@H](C)[C@@H](O[C@H]2C[C@@](C)(OC)[C@@H](OC(=O)CCN(CC)CC)[C@H](C)O2)[C@H](C)[C@H]2O[C@@H]3O[C@H](C)C[C@H](N(C)CCC#N)[C@H]3OC(=O)C[C@H](C[C@@]2(C)OC)C(=O)N[C@H](C)[C@@H](O)[C@]1(C)O. The minimum Gasteiger partial charge on any atom is -0.459 e. The predicted octanol–water partition coefficient (Wildman–Crippen LogP) is 3.24. The smallest absolute Gasteiger partial charge is 0.311 e. The summed E-state index contributed by atoms with van der Waals surface area (Å²) >= 11 is 0. The van der Waals surface area contributed by atoms with Gasteiger partial charge in [0.1, 0.15) is 23.4 Å². The Kier molecular flexibility index (Phi) is 20.4. The molecule has 4 aliphatic heterocycles. The molecule has 18 atom stereocenters. The van der Waals surface area contributed by atoms with Crippen molar-refractivity contribution in [2.75, 3.05) is 47.4 Å². The highest BCUT2D eigenvalue weighted by atomic mass is 16.7. The van der Waals surface area contributed by atoms with Gasteiger partial charge in [-0.3, -0.25) is 24.1 Å². The van der Waals surface area contributed by atoms with Crippen molar-refractivity contribution in [1.29, 1.82) is 5.26 Å². The summed E-state index contributed by atoms with van der Waals surface area (Å²) in [6.07, 6.45) is -9.81. The number of nitrogens with zero attached hydrogens (tertiary/aromatic N) is 3. The van der Waals surface area contributed by atoms with Crippen LogP contribution in [0.4, 0.5) is 0 Å². The highest BCUT2D eigenvalue weighted by molar-refractivity contribution is 5.84. The molecule has 19 heteroatoms. The lowest BCUT2D eigenvalue weighted by molar-refractivity contribution is -0.322. The molecule has 0 aromatic carbocycles. The van der Waals surface area contributed by atoms with Crippen molar-refractivity contribution in [1.82, 2.24) is 15.1 Å². The number of carbonyl (C=O) groups is 4. The van der Waals surface area contributed by atoms with Crippen molar-refractivity contribution in [3.05, 3.63) is 0 Å². The molecule has 0 saturated carbocycles. The van der Waals surface area contributed by atoms with Crippen molar-refractivity contribution in [3.63, 3.8) is 0 Å². The van der Waals surface area contributed by atoms with Crippen molar-refractivity contribution in [3.8, 4) is 6.07 Å². The molecule has 0 aromatic rings. The van der Waals surface area contributed by atoms with E-state index in [1.165, 1.54) is 28.1 Å². The van der Waals surface area contributed by atoms with E-state index < -0.39 is 138 Å². The maximum absolute atomic E-state index is 14.6. The molecule has 67 heavy (non-hydrogen) atoms. The molecule has 4 fully saturated rings. The topological polar surface area (TPSA) is 234 Å². The number of hydrogen-bond acceptors (Lipinski definition) is 18. The van der Waals surface area contributed by atoms with E-state index in [-0.39, 0.29) is 32.1 Å². The lowest BCUT2D eigenvalue weighted by atomic mass is 9.76.